The zero-order valence-corrected chi connectivity index (χ0v) is 43.8. The van der Waals surface area contributed by atoms with Gasteiger partial charge in [0.05, 0.1) is 31.5 Å². The molecule has 2 fully saturated rings. The van der Waals surface area contributed by atoms with Crippen LogP contribution in [0.1, 0.15) is 152 Å². The number of aliphatic hydroxyl groups excluding tert-OH is 2. The Bertz CT molecular complexity index is 2180. The summed E-state index contributed by atoms with van der Waals surface area (Å²) in [6, 6.07) is 19.4. The Hall–Kier alpha value is -4.40. The smallest absolute Gasteiger partial charge is 0.410 e. The number of aliphatic hydroxyl groups is 2. The third-order valence-corrected chi connectivity index (χ3v) is 15.7. The lowest BCUT2D eigenvalue weighted by Gasteiger charge is -2.60. The lowest BCUT2D eigenvalue weighted by molar-refractivity contribution is -0.256. The summed E-state index contributed by atoms with van der Waals surface area (Å²) in [4.78, 5) is 24.3. The Morgan fingerprint density at radius 3 is 2.28 bits per heavy atom. The van der Waals surface area contributed by atoms with Gasteiger partial charge >= 0.3 is 6.09 Å². The molecule has 3 aromatic rings. The van der Waals surface area contributed by atoms with Gasteiger partial charge in [-0.1, -0.05) is 107 Å². The molecule has 2 N–H and O–H groups in total. The number of benzene rings is 3. The molecule has 13 heteroatoms. The van der Waals surface area contributed by atoms with Crippen molar-refractivity contribution in [3.63, 3.8) is 0 Å². The molecular formula is C59H81FN2O9S. The third-order valence-electron chi connectivity index (χ3n) is 15.0. The number of oxime groups is 1. The van der Waals surface area contributed by atoms with Crippen LogP contribution in [-0.2, 0) is 25.6 Å². The number of nitrogens with zero attached hydrogens (tertiary/aromatic N) is 2. The predicted molar refractivity (Wildman–Crippen MR) is 283 cm³/mol. The molecule has 2 heterocycles. The Morgan fingerprint density at radius 1 is 0.889 bits per heavy atom. The van der Waals surface area contributed by atoms with Gasteiger partial charge in [-0.25, -0.2) is 9.18 Å². The Balaban J connectivity index is 1.33. The van der Waals surface area contributed by atoms with E-state index in [2.05, 4.69) is 25.6 Å². The van der Waals surface area contributed by atoms with Crippen molar-refractivity contribution in [2.45, 2.75) is 171 Å². The lowest BCUT2D eigenvalue weighted by atomic mass is 9.55. The van der Waals surface area contributed by atoms with E-state index in [0.29, 0.717) is 54.4 Å². The van der Waals surface area contributed by atoms with Crippen LogP contribution in [0.4, 0.5) is 9.18 Å². The van der Waals surface area contributed by atoms with Gasteiger partial charge in [-0.15, -0.1) is 18.3 Å². The molecule has 3 aromatic carbocycles. The second kappa shape index (κ2) is 28.9. The van der Waals surface area contributed by atoms with Gasteiger partial charge in [0.25, 0.3) is 0 Å². The highest BCUT2D eigenvalue weighted by Crippen LogP contribution is 2.62. The van der Waals surface area contributed by atoms with Gasteiger partial charge in [0, 0.05) is 49.0 Å². The summed E-state index contributed by atoms with van der Waals surface area (Å²) in [6.45, 7) is 7.54. The molecule has 0 bridgehead atoms. The molecule has 4 aliphatic rings. The maximum atomic E-state index is 15.1. The molecule has 1 saturated carbocycles. The number of unbranched alkanes of at least 4 members (excludes halogenated alkanes) is 11. The zero-order chi connectivity index (χ0) is 50.5. The van der Waals surface area contributed by atoms with Gasteiger partial charge in [0.2, 0.25) is 12.1 Å². The number of hydrogen-bond donors (Lipinski definition) is 2. The van der Waals surface area contributed by atoms with Crippen molar-refractivity contribution < 1.29 is 47.9 Å². The van der Waals surface area contributed by atoms with E-state index < -0.39 is 30.1 Å². The highest BCUT2D eigenvalue weighted by molar-refractivity contribution is 7.98. The summed E-state index contributed by atoms with van der Waals surface area (Å²) in [5.74, 6) is -0.619. The standard InChI is InChI=1S/C59H81FN2O9S/c1-4-6-7-8-9-10-11-12-13-19-38-67-58(65)62(42-43-24-26-45(60)27-25-43)54-41-52(61-71-55-23-16-20-37-66-55)50-39-44(21-14-17-34-63)49(22-15-18-35-64)56-51-40-47(69-46-28-31-48(72-3)32-29-46)30-33-53(51)70-59(54,57(50)56)68-36-5-2/h5,24-33,39-40,44,49,54-57,63-64H,2,4,6-23,34-38,41-42H2,1,3H3. The number of amides is 1. The normalized spacial score (nSPS) is 23.8. The van der Waals surface area contributed by atoms with Crippen molar-refractivity contribution in [3.8, 4) is 17.2 Å². The summed E-state index contributed by atoms with van der Waals surface area (Å²) in [6.07, 6.45) is 23.9. The molecule has 1 saturated heterocycles. The number of fused-ring (bicyclic) bond motifs is 2. The zero-order valence-electron chi connectivity index (χ0n) is 43.0. The Morgan fingerprint density at radius 2 is 1.60 bits per heavy atom. The molecule has 7 atom stereocenters. The van der Waals surface area contributed by atoms with Crippen LogP contribution in [-0.4, -0.2) is 84.3 Å². The topological polar surface area (TPSA) is 129 Å². The number of carbonyl (C=O) groups excluding carboxylic acids is 1. The molecule has 0 aromatic heterocycles. The lowest BCUT2D eigenvalue weighted by Crippen LogP contribution is -2.70. The molecular weight excluding hydrogens is 932 g/mol. The third kappa shape index (κ3) is 14.7. The first-order valence-corrected chi connectivity index (χ1v) is 28.4. The largest absolute Gasteiger partial charge is 0.459 e. The van der Waals surface area contributed by atoms with Crippen LogP contribution in [0.5, 0.6) is 17.2 Å². The van der Waals surface area contributed by atoms with E-state index in [1.807, 2.05) is 42.7 Å². The fraction of sp³-hybridized carbons (Fsp3) is 0.593. The van der Waals surface area contributed by atoms with Crippen molar-refractivity contribution in [2.75, 3.05) is 39.3 Å². The van der Waals surface area contributed by atoms with Gasteiger partial charge in [-0.2, -0.15) is 0 Å². The number of carbonyl (C=O) groups is 1. The van der Waals surface area contributed by atoms with Crippen molar-refractivity contribution in [1.29, 1.82) is 0 Å². The fourth-order valence-corrected chi connectivity index (χ4v) is 11.7. The SMILES string of the molecule is C=CCOC12Oc3ccc(Oc4ccc(SC)cc4)cc3C3C(CCCCO)C(CCCCO)C=C(C(=NOC4CCCCO4)CC1N(Cc1ccc(F)cc1)C(=O)OCCCCCCCCCCCC)C32. The molecule has 72 heavy (non-hydrogen) atoms. The van der Waals surface area contributed by atoms with Crippen LogP contribution >= 0.6 is 11.8 Å². The number of allylic oxidation sites excluding steroid dienone is 1. The molecule has 394 valence electrons. The average molecular weight is 1010 g/mol. The molecule has 11 nitrogen and oxygen atoms in total. The Labute approximate surface area is 432 Å². The van der Waals surface area contributed by atoms with Crippen LogP contribution in [0.15, 0.2) is 101 Å². The van der Waals surface area contributed by atoms with Crippen molar-refractivity contribution >= 4 is 23.6 Å². The molecule has 0 spiro atoms. The van der Waals surface area contributed by atoms with E-state index in [1.54, 1.807) is 34.9 Å². The number of rotatable bonds is 30. The molecule has 1 amide bonds. The van der Waals surface area contributed by atoms with E-state index in [4.69, 9.17) is 33.7 Å². The van der Waals surface area contributed by atoms with Crippen LogP contribution in [0.3, 0.4) is 0 Å². The van der Waals surface area contributed by atoms with E-state index >= 15 is 4.79 Å². The fourth-order valence-electron chi connectivity index (χ4n) is 11.3. The predicted octanol–water partition coefficient (Wildman–Crippen LogP) is 14.1. The quantitative estimate of drug-likeness (QED) is 0.0288. The summed E-state index contributed by atoms with van der Waals surface area (Å²) in [7, 11) is 0. The summed E-state index contributed by atoms with van der Waals surface area (Å²) in [5.41, 5.74) is 3.26. The van der Waals surface area contributed by atoms with Gasteiger partial charge in [0.1, 0.15) is 29.1 Å². The van der Waals surface area contributed by atoms with Crippen LogP contribution in [0.2, 0.25) is 0 Å². The van der Waals surface area contributed by atoms with Crippen molar-refractivity contribution in [2.24, 2.45) is 22.9 Å². The summed E-state index contributed by atoms with van der Waals surface area (Å²) < 4.78 is 48.1. The van der Waals surface area contributed by atoms with Crippen molar-refractivity contribution in [1.82, 2.24) is 4.90 Å². The van der Waals surface area contributed by atoms with E-state index in [9.17, 15) is 14.6 Å². The highest BCUT2D eigenvalue weighted by atomic mass is 32.2. The second-order valence-electron chi connectivity index (χ2n) is 20.0. The molecule has 2 aliphatic heterocycles. The van der Waals surface area contributed by atoms with E-state index in [1.165, 1.54) is 50.7 Å². The van der Waals surface area contributed by atoms with Gasteiger partial charge in [0.15, 0.2) is 0 Å². The van der Waals surface area contributed by atoms with Gasteiger partial charge in [-0.05, 0) is 129 Å². The van der Waals surface area contributed by atoms with Gasteiger partial charge < -0.3 is 38.7 Å². The molecule has 2 aliphatic carbocycles. The minimum absolute atomic E-state index is 0.0194. The summed E-state index contributed by atoms with van der Waals surface area (Å²) >= 11 is 1.67. The number of halogens is 1. The van der Waals surface area contributed by atoms with Crippen molar-refractivity contribution in [3.05, 3.63) is 108 Å². The first-order valence-electron chi connectivity index (χ1n) is 27.2. The molecule has 7 unspecified atom stereocenters. The first kappa shape index (κ1) is 55.4. The van der Waals surface area contributed by atoms with E-state index in [-0.39, 0.29) is 63.0 Å². The molecule has 0 radical (unpaired) electrons. The highest BCUT2D eigenvalue weighted by Gasteiger charge is 2.66. The minimum Gasteiger partial charge on any atom is -0.459 e. The number of hydrogen-bond acceptors (Lipinski definition) is 11. The van der Waals surface area contributed by atoms with Crippen LogP contribution < -0.4 is 9.47 Å². The maximum Gasteiger partial charge on any atom is 0.410 e. The summed E-state index contributed by atoms with van der Waals surface area (Å²) in [5, 5.41) is 25.1. The average Bonchev–Trinajstić information content (AvgIpc) is 3.40. The van der Waals surface area contributed by atoms with E-state index in [0.717, 1.165) is 80.2 Å². The van der Waals surface area contributed by atoms with Crippen LogP contribution in [0, 0.1) is 23.6 Å². The van der Waals surface area contributed by atoms with Gasteiger partial charge in [-0.3, -0.25) is 4.90 Å². The van der Waals surface area contributed by atoms with Crippen LogP contribution in [0.25, 0.3) is 0 Å². The monoisotopic (exact) mass is 1010 g/mol. The maximum absolute atomic E-state index is 15.1. The second-order valence-corrected chi connectivity index (χ2v) is 20.9. The Kier molecular flexibility index (Phi) is 22.2. The minimum atomic E-state index is -1.50. The number of thioether (sulfide) groups is 1. The molecule has 7 rings (SSSR count). The first-order chi connectivity index (χ1) is 35.3. The number of ether oxygens (including phenoxy) is 5.